The molecule has 11 nitrogen and oxygen atoms in total. The summed E-state index contributed by atoms with van der Waals surface area (Å²) in [7, 11) is -1.13. The van der Waals surface area contributed by atoms with Gasteiger partial charge in [0.2, 0.25) is 5.95 Å². The molecule has 1 fully saturated rings. The standard InChI is InChI=1S/C33H30FN7O4S/c1-38-18-23(31(34)37-38)29-27-20-12-10-19(11-13-20)7-6-14-45-26-16-21(15-24(26)35)40-30-25(39(2)33(40)42)17-36-32(28(27)30)41(29)46(43,44)22-8-4-3-5-9-22/h3-13,17-18,21,24,26H,14-16,35H2,1-2H3/b7-6-/t21-,24-,26+/m0/s1. The summed E-state index contributed by atoms with van der Waals surface area (Å²) in [6.45, 7) is 0.360. The third kappa shape index (κ3) is 4.15. The third-order valence-corrected chi connectivity index (χ3v) is 10.8. The van der Waals surface area contributed by atoms with Gasteiger partial charge in [-0.2, -0.15) is 4.39 Å². The number of nitrogens with zero attached hydrogens (tertiary/aromatic N) is 6. The predicted octanol–water partition coefficient (Wildman–Crippen LogP) is 4.21. The van der Waals surface area contributed by atoms with Crippen molar-refractivity contribution in [2.75, 3.05) is 6.61 Å². The molecule has 0 saturated heterocycles. The van der Waals surface area contributed by atoms with Gasteiger partial charge in [0.25, 0.3) is 10.0 Å². The van der Waals surface area contributed by atoms with Gasteiger partial charge in [-0.25, -0.2) is 22.2 Å². The van der Waals surface area contributed by atoms with Crippen LogP contribution in [0.2, 0.25) is 0 Å². The molecule has 2 aromatic carbocycles. The highest BCUT2D eigenvalue weighted by Crippen LogP contribution is 2.46. The Labute approximate surface area is 263 Å². The monoisotopic (exact) mass is 639 g/mol. The highest BCUT2D eigenvalue weighted by atomic mass is 32.2. The van der Waals surface area contributed by atoms with Crippen LogP contribution in [-0.4, -0.2) is 55.0 Å². The minimum Gasteiger partial charge on any atom is -0.372 e. The second kappa shape index (κ2) is 10.3. The maximum Gasteiger partial charge on any atom is 0.329 e. The van der Waals surface area contributed by atoms with Crippen molar-refractivity contribution in [1.29, 1.82) is 0 Å². The maximum absolute atomic E-state index is 15.8. The smallest absolute Gasteiger partial charge is 0.329 e. The molecule has 1 saturated carbocycles. The summed E-state index contributed by atoms with van der Waals surface area (Å²) in [6.07, 6.45) is 7.49. The van der Waals surface area contributed by atoms with E-state index >= 15 is 4.39 Å². The Morgan fingerprint density at radius 2 is 1.80 bits per heavy atom. The Bertz CT molecular complexity index is 2370. The van der Waals surface area contributed by atoms with Gasteiger partial charge in [-0.1, -0.05) is 54.6 Å². The fourth-order valence-corrected chi connectivity index (χ4v) is 8.50. The molecule has 234 valence electrons. The highest BCUT2D eigenvalue weighted by molar-refractivity contribution is 7.90. The molecule has 46 heavy (non-hydrogen) atoms. The number of rotatable bonds is 3. The fourth-order valence-electron chi connectivity index (χ4n) is 6.99. The number of ether oxygens (including phenoxy) is 1. The number of fused-ring (bicyclic) bond motifs is 4. The summed E-state index contributed by atoms with van der Waals surface area (Å²) in [4.78, 5) is 18.7. The van der Waals surface area contributed by atoms with Crippen LogP contribution in [0.15, 0.2) is 82.8 Å². The number of hydrogen-bond donors (Lipinski definition) is 1. The van der Waals surface area contributed by atoms with Gasteiger partial charge >= 0.3 is 5.69 Å². The van der Waals surface area contributed by atoms with Crippen molar-refractivity contribution in [3.8, 4) is 22.4 Å². The minimum absolute atomic E-state index is 0.000677. The number of benzene rings is 2. The van der Waals surface area contributed by atoms with Crippen molar-refractivity contribution in [1.82, 2.24) is 27.9 Å². The normalized spacial score (nSPS) is 20.5. The van der Waals surface area contributed by atoms with Gasteiger partial charge in [0.1, 0.15) is 0 Å². The second-order valence-electron chi connectivity index (χ2n) is 11.9. The lowest BCUT2D eigenvalue weighted by Crippen LogP contribution is -2.31. The lowest BCUT2D eigenvalue weighted by Gasteiger charge is -2.15. The number of nitrogens with two attached hydrogens (primary N) is 1. The van der Waals surface area contributed by atoms with Gasteiger partial charge in [0.15, 0.2) is 5.65 Å². The lowest BCUT2D eigenvalue weighted by molar-refractivity contribution is 0.0666. The molecule has 3 aliphatic rings. The first-order valence-corrected chi connectivity index (χ1v) is 16.4. The molecule has 6 heterocycles. The van der Waals surface area contributed by atoms with E-state index in [9.17, 15) is 13.2 Å². The molecule has 13 heteroatoms. The molecule has 0 spiro atoms. The lowest BCUT2D eigenvalue weighted by atomic mass is 9.98. The number of pyridine rings is 1. The van der Waals surface area contributed by atoms with Crippen molar-refractivity contribution in [2.45, 2.75) is 35.9 Å². The van der Waals surface area contributed by atoms with Crippen molar-refractivity contribution >= 4 is 38.2 Å². The van der Waals surface area contributed by atoms with Crippen LogP contribution in [-0.2, 0) is 28.9 Å². The second-order valence-corrected chi connectivity index (χ2v) is 13.7. The average Bonchev–Trinajstić information content (AvgIpc) is 3.76. The van der Waals surface area contributed by atoms with E-state index in [-0.39, 0.29) is 45.7 Å². The van der Waals surface area contributed by atoms with E-state index in [1.165, 1.54) is 33.8 Å². The number of hydrogen-bond acceptors (Lipinski definition) is 7. The number of imidazole rings is 1. The van der Waals surface area contributed by atoms with E-state index in [1.807, 2.05) is 36.4 Å². The molecule has 0 radical (unpaired) electrons. The van der Waals surface area contributed by atoms with Crippen LogP contribution >= 0.6 is 0 Å². The molecule has 2 N–H and O–H groups in total. The topological polar surface area (TPSA) is 132 Å². The molecule has 2 aliphatic heterocycles. The first-order chi connectivity index (χ1) is 22.1. The van der Waals surface area contributed by atoms with Crippen LogP contribution in [0, 0.1) is 5.95 Å². The zero-order valence-corrected chi connectivity index (χ0v) is 25.9. The van der Waals surface area contributed by atoms with E-state index in [0.29, 0.717) is 47.0 Å². The Hall–Kier alpha value is -4.85. The minimum atomic E-state index is -4.36. The summed E-state index contributed by atoms with van der Waals surface area (Å²) in [5.41, 5.74) is 9.30. The van der Waals surface area contributed by atoms with E-state index < -0.39 is 16.0 Å². The van der Waals surface area contributed by atoms with Crippen LogP contribution in [0.4, 0.5) is 4.39 Å². The quantitative estimate of drug-likeness (QED) is 0.307. The van der Waals surface area contributed by atoms with Gasteiger partial charge in [-0.05, 0) is 36.1 Å². The molecular weight excluding hydrogens is 609 g/mol. The van der Waals surface area contributed by atoms with Gasteiger partial charge in [-0.15, -0.1) is 5.10 Å². The zero-order valence-electron chi connectivity index (χ0n) is 25.0. The highest BCUT2D eigenvalue weighted by Gasteiger charge is 2.38. The van der Waals surface area contributed by atoms with E-state index in [0.717, 1.165) is 9.54 Å². The van der Waals surface area contributed by atoms with Crippen molar-refractivity contribution < 1.29 is 17.5 Å². The SMILES string of the molecule is Cn1cc(-c2c3c4c(ncc5c4n(c(=O)n5C)[C@H]4C[C@H](N)[C@@H](C4)OC/C=C\c4ccc-3cc4)n2S(=O)(=O)c2ccccc2)c(F)n1. The summed E-state index contributed by atoms with van der Waals surface area (Å²) >= 11 is 0. The van der Waals surface area contributed by atoms with Gasteiger partial charge < -0.3 is 10.5 Å². The first-order valence-electron chi connectivity index (χ1n) is 14.9. The Balaban J connectivity index is 1.61. The summed E-state index contributed by atoms with van der Waals surface area (Å²) in [5.74, 6) is -0.843. The average molecular weight is 640 g/mol. The summed E-state index contributed by atoms with van der Waals surface area (Å²) in [6, 6.07) is 14.8. The molecule has 4 bridgehead atoms. The summed E-state index contributed by atoms with van der Waals surface area (Å²) < 4.78 is 56.8. The van der Waals surface area contributed by atoms with Crippen molar-refractivity contribution in [2.24, 2.45) is 19.8 Å². The molecule has 0 unspecified atom stereocenters. The number of halogens is 1. The molecule has 6 aromatic rings. The van der Waals surface area contributed by atoms with Crippen LogP contribution in [0.25, 0.3) is 50.5 Å². The van der Waals surface area contributed by atoms with Crippen molar-refractivity contribution in [3.05, 3.63) is 95.1 Å². The van der Waals surface area contributed by atoms with Gasteiger partial charge in [-0.3, -0.25) is 13.8 Å². The van der Waals surface area contributed by atoms with Gasteiger partial charge in [0.05, 0.1) is 51.5 Å². The van der Waals surface area contributed by atoms with Crippen LogP contribution in [0.1, 0.15) is 24.4 Å². The first kappa shape index (κ1) is 28.6. The van der Waals surface area contributed by atoms with Crippen LogP contribution < -0.4 is 11.4 Å². The van der Waals surface area contributed by atoms with E-state index in [4.69, 9.17) is 15.5 Å². The van der Waals surface area contributed by atoms with E-state index in [2.05, 4.69) is 5.10 Å². The van der Waals surface area contributed by atoms with Gasteiger partial charge in [0, 0.05) is 37.9 Å². The predicted molar refractivity (Wildman–Crippen MR) is 172 cm³/mol. The van der Waals surface area contributed by atoms with E-state index in [1.54, 1.807) is 36.9 Å². The molecule has 3 atom stereocenters. The molecule has 9 rings (SSSR count). The van der Waals surface area contributed by atoms with Crippen molar-refractivity contribution in [3.63, 3.8) is 0 Å². The number of aromatic nitrogens is 6. The Morgan fingerprint density at radius 1 is 1.04 bits per heavy atom. The molecule has 1 aliphatic carbocycles. The maximum atomic E-state index is 15.8. The Morgan fingerprint density at radius 3 is 2.52 bits per heavy atom. The fraction of sp³-hybridized carbons (Fsp3) is 0.242. The number of aryl methyl sites for hydroxylation is 2. The summed E-state index contributed by atoms with van der Waals surface area (Å²) in [5, 5.41) is 4.34. The Kier molecular flexibility index (Phi) is 6.43. The zero-order chi connectivity index (χ0) is 31.9. The largest absolute Gasteiger partial charge is 0.372 e. The molecular formula is C33H30FN7O4S. The molecule has 0 amide bonds. The van der Waals surface area contributed by atoms with Crippen LogP contribution in [0.3, 0.4) is 0 Å². The third-order valence-electron chi connectivity index (χ3n) is 9.12. The van der Waals surface area contributed by atoms with Crippen LogP contribution in [0.5, 0.6) is 0 Å². The molecule has 4 aromatic heterocycles.